The molecule has 0 amide bonds. The quantitative estimate of drug-likeness (QED) is 0.628. The molecule has 0 fully saturated rings. The number of hydrogen-bond donors (Lipinski definition) is 3. The highest BCUT2D eigenvalue weighted by atomic mass is 16.5. The lowest BCUT2D eigenvalue weighted by Gasteiger charge is -2.10. The molecule has 0 aliphatic rings. The summed E-state index contributed by atoms with van der Waals surface area (Å²) in [5, 5.41) is 22.8. The fraction of sp³-hybridized carbons (Fsp3) is 0.0714. The zero-order valence-electron chi connectivity index (χ0n) is 10.9. The first kappa shape index (κ1) is 12.9. The van der Waals surface area contributed by atoms with Crippen molar-refractivity contribution < 1.29 is 10.3 Å². The van der Waals surface area contributed by atoms with Gasteiger partial charge in [0.15, 0.2) is 5.65 Å². The van der Waals surface area contributed by atoms with Crippen LogP contribution in [0.25, 0.3) is 11.0 Å². The van der Waals surface area contributed by atoms with Gasteiger partial charge in [0.25, 0.3) is 0 Å². The number of para-hydroxylation sites is 1. The third kappa shape index (κ3) is 2.36. The third-order valence-electron chi connectivity index (χ3n) is 3.07. The van der Waals surface area contributed by atoms with Crippen LogP contribution in [0.3, 0.4) is 0 Å². The standard InChI is InChI=1S/C14H12N4O3/c19-11-6-2-1-4-9(11)8-16-12-10-5-3-7-15-13(10)18(21)14(20)17-12/h1-7,19,21H,8H2,(H,16,17,20). The van der Waals surface area contributed by atoms with Crippen molar-refractivity contribution in [2.45, 2.75) is 6.54 Å². The monoisotopic (exact) mass is 284 g/mol. The number of hydrogen-bond acceptors (Lipinski definition) is 6. The van der Waals surface area contributed by atoms with Crippen molar-refractivity contribution in [2.75, 3.05) is 5.32 Å². The topological polar surface area (TPSA) is 100 Å². The van der Waals surface area contributed by atoms with Gasteiger partial charge in [0, 0.05) is 18.3 Å². The van der Waals surface area contributed by atoms with Crippen LogP contribution in [-0.2, 0) is 6.54 Å². The maximum Gasteiger partial charge on any atom is 0.384 e. The molecule has 0 saturated heterocycles. The van der Waals surface area contributed by atoms with Gasteiger partial charge in [0.05, 0.1) is 5.39 Å². The number of aromatic nitrogens is 3. The van der Waals surface area contributed by atoms with E-state index in [4.69, 9.17) is 0 Å². The number of fused-ring (bicyclic) bond motifs is 1. The third-order valence-corrected chi connectivity index (χ3v) is 3.07. The van der Waals surface area contributed by atoms with E-state index in [-0.39, 0.29) is 11.4 Å². The number of aromatic hydroxyl groups is 1. The van der Waals surface area contributed by atoms with Gasteiger partial charge in [0.2, 0.25) is 0 Å². The molecule has 0 spiro atoms. The molecule has 3 N–H and O–H groups in total. The van der Waals surface area contributed by atoms with Gasteiger partial charge in [-0.25, -0.2) is 9.78 Å². The Balaban J connectivity index is 2.00. The van der Waals surface area contributed by atoms with Crippen LogP contribution in [-0.4, -0.2) is 25.0 Å². The molecule has 106 valence electrons. The lowest BCUT2D eigenvalue weighted by atomic mass is 10.2. The fourth-order valence-corrected chi connectivity index (χ4v) is 2.02. The number of anilines is 1. The molecule has 2 aromatic heterocycles. The average molecular weight is 284 g/mol. The van der Waals surface area contributed by atoms with Gasteiger partial charge in [0.1, 0.15) is 11.6 Å². The summed E-state index contributed by atoms with van der Waals surface area (Å²) in [6, 6.07) is 10.2. The number of phenolic OH excluding ortho intramolecular Hbond substituents is 1. The van der Waals surface area contributed by atoms with Gasteiger partial charge >= 0.3 is 5.69 Å². The van der Waals surface area contributed by atoms with E-state index in [1.165, 1.54) is 6.20 Å². The SMILES string of the molecule is O=c1nc(NCc2ccccc2O)c2cccnc2n1O. The van der Waals surface area contributed by atoms with E-state index in [1.54, 1.807) is 36.4 Å². The van der Waals surface area contributed by atoms with Gasteiger partial charge in [-0.1, -0.05) is 18.2 Å². The minimum absolute atomic E-state index is 0.122. The molecule has 0 aliphatic carbocycles. The van der Waals surface area contributed by atoms with E-state index in [2.05, 4.69) is 15.3 Å². The highest BCUT2D eigenvalue weighted by Crippen LogP contribution is 2.20. The highest BCUT2D eigenvalue weighted by molar-refractivity contribution is 5.86. The molecule has 0 unspecified atom stereocenters. The van der Waals surface area contributed by atoms with Crippen molar-refractivity contribution in [3.05, 3.63) is 58.6 Å². The second-order valence-corrected chi connectivity index (χ2v) is 4.41. The molecular weight excluding hydrogens is 272 g/mol. The normalized spacial score (nSPS) is 10.7. The van der Waals surface area contributed by atoms with E-state index in [0.29, 0.717) is 28.0 Å². The van der Waals surface area contributed by atoms with E-state index >= 15 is 0 Å². The largest absolute Gasteiger partial charge is 0.508 e. The summed E-state index contributed by atoms with van der Waals surface area (Å²) in [6.45, 7) is 0.290. The Morgan fingerprint density at radius 1 is 1.19 bits per heavy atom. The zero-order valence-corrected chi connectivity index (χ0v) is 10.9. The molecule has 0 atom stereocenters. The Hall–Kier alpha value is -3.09. The van der Waals surface area contributed by atoms with Crippen LogP contribution < -0.4 is 11.0 Å². The van der Waals surface area contributed by atoms with Crippen LogP contribution in [0.15, 0.2) is 47.4 Å². The molecule has 7 heteroatoms. The molecule has 3 rings (SSSR count). The first-order chi connectivity index (χ1) is 10.2. The van der Waals surface area contributed by atoms with Gasteiger partial charge in [-0.05, 0) is 18.2 Å². The van der Waals surface area contributed by atoms with Gasteiger partial charge in [-0.3, -0.25) is 0 Å². The van der Waals surface area contributed by atoms with Crippen molar-refractivity contribution in [3.8, 4) is 5.75 Å². The van der Waals surface area contributed by atoms with Gasteiger partial charge in [-0.15, -0.1) is 4.73 Å². The summed E-state index contributed by atoms with van der Waals surface area (Å²) in [5.41, 5.74) is -0.0252. The molecule has 0 bridgehead atoms. The van der Waals surface area contributed by atoms with Crippen molar-refractivity contribution in [1.29, 1.82) is 0 Å². The summed E-state index contributed by atoms with van der Waals surface area (Å²) in [7, 11) is 0. The second kappa shape index (κ2) is 5.12. The molecule has 0 aliphatic heterocycles. The van der Waals surface area contributed by atoms with Crippen LogP contribution in [0.5, 0.6) is 5.75 Å². The lowest BCUT2D eigenvalue weighted by Crippen LogP contribution is -2.23. The van der Waals surface area contributed by atoms with Crippen molar-refractivity contribution in [1.82, 2.24) is 14.7 Å². The maximum absolute atomic E-state index is 11.6. The predicted molar refractivity (Wildman–Crippen MR) is 76.4 cm³/mol. The Morgan fingerprint density at radius 2 is 2.00 bits per heavy atom. The number of pyridine rings is 1. The smallest absolute Gasteiger partial charge is 0.384 e. The minimum atomic E-state index is -0.819. The van der Waals surface area contributed by atoms with Gasteiger partial charge in [-0.2, -0.15) is 4.98 Å². The van der Waals surface area contributed by atoms with Crippen molar-refractivity contribution in [3.63, 3.8) is 0 Å². The zero-order chi connectivity index (χ0) is 14.8. The fourth-order valence-electron chi connectivity index (χ4n) is 2.02. The lowest BCUT2D eigenvalue weighted by molar-refractivity contribution is 0.182. The number of nitrogens with zero attached hydrogens (tertiary/aromatic N) is 3. The van der Waals surface area contributed by atoms with E-state index in [1.807, 2.05) is 0 Å². The second-order valence-electron chi connectivity index (χ2n) is 4.41. The molecule has 7 nitrogen and oxygen atoms in total. The van der Waals surface area contributed by atoms with Crippen LogP contribution in [0, 0.1) is 0 Å². The maximum atomic E-state index is 11.6. The number of nitrogens with one attached hydrogen (secondary N) is 1. The molecule has 0 radical (unpaired) electrons. The number of rotatable bonds is 3. The summed E-state index contributed by atoms with van der Waals surface area (Å²) in [5.74, 6) is 0.458. The van der Waals surface area contributed by atoms with Crippen LogP contribution in [0.2, 0.25) is 0 Å². The van der Waals surface area contributed by atoms with E-state index < -0.39 is 5.69 Å². The van der Waals surface area contributed by atoms with Crippen molar-refractivity contribution >= 4 is 16.9 Å². The van der Waals surface area contributed by atoms with Crippen molar-refractivity contribution in [2.24, 2.45) is 0 Å². The Labute approximate surface area is 119 Å². The molecule has 3 aromatic rings. The summed E-state index contributed by atoms with van der Waals surface area (Å²) >= 11 is 0. The molecule has 21 heavy (non-hydrogen) atoms. The Kier molecular flexibility index (Phi) is 3.15. The van der Waals surface area contributed by atoms with Crippen LogP contribution >= 0.6 is 0 Å². The van der Waals surface area contributed by atoms with Crippen LogP contribution in [0.1, 0.15) is 5.56 Å². The van der Waals surface area contributed by atoms with E-state index in [0.717, 1.165) is 0 Å². The number of benzene rings is 1. The predicted octanol–water partition coefficient (Wildman–Crippen LogP) is 1.35. The summed E-state index contributed by atoms with van der Waals surface area (Å²) < 4.78 is 0.403. The Bertz CT molecular complexity index is 860. The molecule has 0 saturated carbocycles. The summed E-state index contributed by atoms with van der Waals surface area (Å²) in [4.78, 5) is 19.3. The molecule has 2 heterocycles. The minimum Gasteiger partial charge on any atom is -0.508 e. The number of phenols is 1. The first-order valence-electron chi connectivity index (χ1n) is 6.24. The first-order valence-corrected chi connectivity index (χ1v) is 6.24. The Morgan fingerprint density at radius 3 is 2.81 bits per heavy atom. The van der Waals surface area contributed by atoms with E-state index in [9.17, 15) is 15.1 Å². The molecule has 1 aromatic carbocycles. The van der Waals surface area contributed by atoms with Crippen LogP contribution in [0.4, 0.5) is 5.82 Å². The molecular formula is C14H12N4O3. The average Bonchev–Trinajstić information content (AvgIpc) is 2.51. The summed E-state index contributed by atoms with van der Waals surface area (Å²) in [6.07, 6.45) is 1.47. The van der Waals surface area contributed by atoms with Gasteiger partial charge < -0.3 is 15.6 Å². The highest BCUT2D eigenvalue weighted by Gasteiger charge is 2.10.